The monoisotopic (exact) mass is 219 g/mol. The zero-order chi connectivity index (χ0) is 10.8. The molecule has 0 bridgehead atoms. The van der Waals surface area contributed by atoms with Crippen molar-refractivity contribution in [1.82, 2.24) is 9.97 Å². The van der Waals surface area contributed by atoms with Gasteiger partial charge < -0.3 is 9.64 Å². The molecule has 4 heteroatoms. The Labute approximate surface area is 95.7 Å². The lowest BCUT2D eigenvalue weighted by molar-refractivity contribution is 0.0845. The van der Waals surface area contributed by atoms with Gasteiger partial charge in [-0.1, -0.05) is 0 Å². The molecule has 86 valence electrons. The Balaban J connectivity index is 1.86. The predicted octanol–water partition coefficient (Wildman–Crippen LogP) is 1.58. The second-order valence-electron chi connectivity index (χ2n) is 4.49. The maximum Gasteiger partial charge on any atom is 0.150 e. The molecule has 2 aliphatic rings. The standard InChI is InChI=1S/C12H17N3O/c1-6-15(7-1)12-11(13-4-5-14-12)10-2-8-16-9-3-10/h4-5,10H,1-3,6-9H2. The van der Waals surface area contributed by atoms with Gasteiger partial charge in [0.05, 0.1) is 5.69 Å². The number of aromatic nitrogens is 2. The Kier molecular flexibility index (Phi) is 2.74. The minimum Gasteiger partial charge on any atom is -0.381 e. The first-order valence-corrected chi connectivity index (χ1v) is 6.09. The van der Waals surface area contributed by atoms with Gasteiger partial charge in [0.2, 0.25) is 0 Å². The highest BCUT2D eigenvalue weighted by Crippen LogP contribution is 2.32. The molecule has 2 fully saturated rings. The van der Waals surface area contributed by atoms with Crippen LogP contribution in [-0.2, 0) is 4.74 Å². The van der Waals surface area contributed by atoms with Crippen molar-refractivity contribution >= 4 is 5.82 Å². The van der Waals surface area contributed by atoms with Gasteiger partial charge in [0.25, 0.3) is 0 Å². The predicted molar refractivity (Wildman–Crippen MR) is 61.7 cm³/mol. The minimum atomic E-state index is 0.540. The molecule has 0 saturated carbocycles. The second-order valence-corrected chi connectivity index (χ2v) is 4.49. The van der Waals surface area contributed by atoms with Crippen molar-refractivity contribution < 1.29 is 4.74 Å². The normalized spacial score (nSPS) is 21.9. The fourth-order valence-corrected chi connectivity index (χ4v) is 2.37. The minimum absolute atomic E-state index is 0.540. The van der Waals surface area contributed by atoms with Crippen molar-refractivity contribution in [3.05, 3.63) is 18.1 Å². The Hall–Kier alpha value is -1.16. The molecule has 1 aromatic heterocycles. The maximum absolute atomic E-state index is 5.40. The second kappa shape index (κ2) is 4.37. The number of nitrogens with zero attached hydrogens (tertiary/aromatic N) is 3. The van der Waals surface area contributed by atoms with Crippen LogP contribution in [0.25, 0.3) is 0 Å². The van der Waals surface area contributed by atoms with Crippen molar-refractivity contribution in [2.75, 3.05) is 31.2 Å². The van der Waals surface area contributed by atoms with Crippen LogP contribution in [0.2, 0.25) is 0 Å². The first-order valence-electron chi connectivity index (χ1n) is 6.09. The molecule has 4 nitrogen and oxygen atoms in total. The van der Waals surface area contributed by atoms with E-state index < -0.39 is 0 Å². The Morgan fingerprint density at radius 3 is 2.56 bits per heavy atom. The SMILES string of the molecule is c1cnc(N2CCC2)c(C2CCOCC2)n1. The topological polar surface area (TPSA) is 38.2 Å². The molecule has 1 aromatic rings. The largest absolute Gasteiger partial charge is 0.381 e. The Morgan fingerprint density at radius 1 is 1.12 bits per heavy atom. The third-order valence-electron chi connectivity index (χ3n) is 3.47. The van der Waals surface area contributed by atoms with E-state index in [4.69, 9.17) is 4.74 Å². The summed E-state index contributed by atoms with van der Waals surface area (Å²) in [5.74, 6) is 1.65. The molecular weight excluding hydrogens is 202 g/mol. The lowest BCUT2D eigenvalue weighted by atomic mass is 9.95. The Bertz CT molecular complexity index is 359. The van der Waals surface area contributed by atoms with Crippen LogP contribution in [0.5, 0.6) is 0 Å². The molecule has 0 spiro atoms. The van der Waals surface area contributed by atoms with Crippen molar-refractivity contribution in [3.8, 4) is 0 Å². The van der Waals surface area contributed by atoms with Crippen LogP contribution in [0.15, 0.2) is 12.4 Å². The van der Waals surface area contributed by atoms with Gasteiger partial charge in [-0.3, -0.25) is 4.98 Å². The van der Waals surface area contributed by atoms with Gasteiger partial charge in [-0.05, 0) is 19.3 Å². The van der Waals surface area contributed by atoms with E-state index in [-0.39, 0.29) is 0 Å². The van der Waals surface area contributed by atoms with Crippen molar-refractivity contribution in [1.29, 1.82) is 0 Å². The molecular formula is C12H17N3O. The molecule has 0 unspecified atom stereocenters. The van der Waals surface area contributed by atoms with Crippen molar-refractivity contribution in [2.24, 2.45) is 0 Å². The van der Waals surface area contributed by atoms with Gasteiger partial charge in [0.15, 0.2) is 5.82 Å². The highest BCUT2D eigenvalue weighted by molar-refractivity contribution is 5.46. The average molecular weight is 219 g/mol. The van der Waals surface area contributed by atoms with Crippen LogP contribution in [0.4, 0.5) is 5.82 Å². The maximum atomic E-state index is 5.40. The molecule has 3 rings (SSSR count). The lowest BCUT2D eigenvalue weighted by Gasteiger charge is -2.34. The van der Waals surface area contributed by atoms with E-state index in [1.54, 1.807) is 6.20 Å². The molecule has 2 saturated heterocycles. The number of hydrogen-bond donors (Lipinski definition) is 0. The lowest BCUT2D eigenvalue weighted by Crippen LogP contribution is -2.39. The summed E-state index contributed by atoms with van der Waals surface area (Å²) < 4.78 is 5.40. The highest BCUT2D eigenvalue weighted by atomic mass is 16.5. The van der Waals surface area contributed by atoms with E-state index in [1.807, 2.05) is 6.20 Å². The summed E-state index contributed by atoms with van der Waals surface area (Å²) in [6, 6.07) is 0. The molecule has 0 amide bonds. The zero-order valence-corrected chi connectivity index (χ0v) is 9.43. The molecule has 2 aliphatic heterocycles. The third kappa shape index (κ3) is 1.78. The van der Waals surface area contributed by atoms with Gasteiger partial charge in [0.1, 0.15) is 0 Å². The molecule has 0 radical (unpaired) electrons. The highest BCUT2D eigenvalue weighted by Gasteiger charge is 2.25. The summed E-state index contributed by atoms with van der Waals surface area (Å²) in [5.41, 5.74) is 1.19. The fourth-order valence-electron chi connectivity index (χ4n) is 2.37. The van der Waals surface area contributed by atoms with Crippen LogP contribution >= 0.6 is 0 Å². The number of ether oxygens (including phenoxy) is 1. The first-order chi connectivity index (χ1) is 7.95. The third-order valence-corrected chi connectivity index (χ3v) is 3.47. The van der Waals surface area contributed by atoms with E-state index in [0.717, 1.165) is 45.0 Å². The van der Waals surface area contributed by atoms with Crippen LogP contribution in [0.1, 0.15) is 30.9 Å². The molecule has 3 heterocycles. The summed E-state index contributed by atoms with van der Waals surface area (Å²) in [6.45, 7) is 3.99. The van der Waals surface area contributed by atoms with Crippen LogP contribution < -0.4 is 4.90 Å². The van der Waals surface area contributed by atoms with E-state index in [9.17, 15) is 0 Å². The van der Waals surface area contributed by atoms with Crippen LogP contribution in [0, 0.1) is 0 Å². The summed E-state index contributed by atoms with van der Waals surface area (Å²) in [6.07, 6.45) is 7.06. The average Bonchev–Trinajstić information content (AvgIpc) is 2.29. The van der Waals surface area contributed by atoms with E-state index in [0.29, 0.717) is 5.92 Å². The number of anilines is 1. The summed E-state index contributed by atoms with van der Waals surface area (Å²) in [7, 11) is 0. The quantitative estimate of drug-likeness (QED) is 0.757. The number of rotatable bonds is 2. The first kappa shape index (κ1) is 10.0. The summed E-state index contributed by atoms with van der Waals surface area (Å²) >= 11 is 0. The van der Waals surface area contributed by atoms with Gasteiger partial charge >= 0.3 is 0 Å². The van der Waals surface area contributed by atoms with Gasteiger partial charge in [-0.15, -0.1) is 0 Å². The van der Waals surface area contributed by atoms with Crippen LogP contribution in [0.3, 0.4) is 0 Å². The molecule has 0 aliphatic carbocycles. The smallest absolute Gasteiger partial charge is 0.150 e. The van der Waals surface area contributed by atoms with Gasteiger partial charge in [0, 0.05) is 44.6 Å². The number of hydrogen-bond acceptors (Lipinski definition) is 4. The van der Waals surface area contributed by atoms with Gasteiger partial charge in [-0.25, -0.2) is 4.98 Å². The summed E-state index contributed by atoms with van der Waals surface area (Å²) in [4.78, 5) is 11.4. The Morgan fingerprint density at radius 2 is 1.88 bits per heavy atom. The molecule has 0 aromatic carbocycles. The van der Waals surface area contributed by atoms with Crippen molar-refractivity contribution in [2.45, 2.75) is 25.2 Å². The van der Waals surface area contributed by atoms with Crippen molar-refractivity contribution in [3.63, 3.8) is 0 Å². The van der Waals surface area contributed by atoms with Gasteiger partial charge in [-0.2, -0.15) is 0 Å². The summed E-state index contributed by atoms with van der Waals surface area (Å²) in [5, 5.41) is 0. The molecule has 16 heavy (non-hydrogen) atoms. The molecule has 0 N–H and O–H groups in total. The molecule has 0 atom stereocenters. The van der Waals surface area contributed by atoms with E-state index in [1.165, 1.54) is 12.1 Å². The van der Waals surface area contributed by atoms with E-state index >= 15 is 0 Å². The van der Waals surface area contributed by atoms with E-state index in [2.05, 4.69) is 14.9 Å². The van der Waals surface area contributed by atoms with Crippen LogP contribution in [-0.4, -0.2) is 36.3 Å². The fraction of sp³-hybridized carbons (Fsp3) is 0.667. The zero-order valence-electron chi connectivity index (χ0n) is 9.43.